The molecule has 1 aromatic rings. The smallest absolute Gasteiger partial charge is 0.243 e. The molecule has 1 heterocycles. The fourth-order valence-electron chi connectivity index (χ4n) is 5.48. The van der Waals surface area contributed by atoms with E-state index in [1.54, 1.807) is 0 Å². The van der Waals surface area contributed by atoms with Gasteiger partial charge in [-0.05, 0) is 67.6 Å². The summed E-state index contributed by atoms with van der Waals surface area (Å²) in [6.45, 7) is 1.55. The van der Waals surface area contributed by atoms with Crippen molar-refractivity contribution in [2.75, 3.05) is 13.1 Å². The average Bonchev–Trinajstić information content (AvgIpc) is 3.44. The van der Waals surface area contributed by atoms with Crippen molar-refractivity contribution >= 4 is 17.5 Å². The summed E-state index contributed by atoms with van der Waals surface area (Å²) in [7, 11) is 0. The molecule has 0 spiro atoms. The van der Waals surface area contributed by atoms with Gasteiger partial charge in [0.05, 0.1) is 16.7 Å². The van der Waals surface area contributed by atoms with Crippen molar-refractivity contribution in [1.29, 1.82) is 10.5 Å². The van der Waals surface area contributed by atoms with Gasteiger partial charge < -0.3 is 4.90 Å². The lowest BCUT2D eigenvalue weighted by atomic mass is 9.77. The van der Waals surface area contributed by atoms with Crippen LogP contribution in [0.15, 0.2) is 18.2 Å². The largest absolute Gasteiger partial charge is 0.341 e. The molecule has 2 aliphatic carbocycles. The molecular formula is C25H30ClN3O. The van der Waals surface area contributed by atoms with Crippen molar-refractivity contribution in [2.45, 2.75) is 70.1 Å². The van der Waals surface area contributed by atoms with Gasteiger partial charge >= 0.3 is 0 Å². The van der Waals surface area contributed by atoms with Crippen molar-refractivity contribution in [3.8, 4) is 12.1 Å². The van der Waals surface area contributed by atoms with E-state index in [9.17, 15) is 15.3 Å². The van der Waals surface area contributed by atoms with Crippen LogP contribution in [0.3, 0.4) is 0 Å². The zero-order chi connectivity index (χ0) is 21.1. The Morgan fingerprint density at radius 1 is 1.13 bits per heavy atom. The first-order chi connectivity index (χ1) is 14.5. The lowest BCUT2D eigenvalue weighted by molar-refractivity contribution is -0.134. The number of amides is 1. The predicted molar refractivity (Wildman–Crippen MR) is 117 cm³/mol. The van der Waals surface area contributed by atoms with E-state index >= 15 is 0 Å². The maximum absolute atomic E-state index is 12.7. The fraction of sp³-hybridized carbons (Fsp3) is 0.640. The van der Waals surface area contributed by atoms with E-state index in [0.717, 1.165) is 51.1 Å². The molecule has 4 nitrogen and oxygen atoms in total. The fourth-order valence-corrected chi connectivity index (χ4v) is 5.71. The highest BCUT2D eigenvalue weighted by Crippen LogP contribution is 2.47. The molecule has 2 unspecified atom stereocenters. The maximum atomic E-state index is 12.7. The number of hydrogen-bond acceptors (Lipinski definition) is 3. The second-order valence-corrected chi connectivity index (χ2v) is 10.0. The van der Waals surface area contributed by atoms with E-state index < -0.39 is 5.41 Å². The van der Waals surface area contributed by atoms with Crippen LogP contribution < -0.4 is 0 Å². The molecular weight excluding hydrogens is 394 g/mol. The number of rotatable bonds is 6. The summed E-state index contributed by atoms with van der Waals surface area (Å²) >= 11 is 6.36. The molecule has 0 aromatic heterocycles. The molecule has 1 aromatic carbocycles. The Balaban J connectivity index is 1.46. The number of likely N-dealkylation sites (tertiary alicyclic amines) is 1. The lowest BCUT2D eigenvalue weighted by Gasteiger charge is -2.29. The number of hydrogen-bond donors (Lipinski definition) is 0. The van der Waals surface area contributed by atoms with Crippen LogP contribution in [0, 0.1) is 39.9 Å². The molecule has 0 radical (unpaired) electrons. The number of nitriles is 2. The minimum Gasteiger partial charge on any atom is -0.341 e. The van der Waals surface area contributed by atoms with Gasteiger partial charge in [0.25, 0.3) is 0 Å². The highest BCUT2D eigenvalue weighted by molar-refractivity contribution is 6.31. The molecule has 158 valence electrons. The first-order valence-electron chi connectivity index (χ1n) is 11.4. The molecule has 0 bridgehead atoms. The average molecular weight is 424 g/mol. The van der Waals surface area contributed by atoms with Crippen LogP contribution >= 0.6 is 11.6 Å². The second kappa shape index (κ2) is 8.99. The zero-order valence-electron chi connectivity index (χ0n) is 17.6. The standard InChI is InChI=1S/C25H30ClN3O/c26-23-14-20(6-7-21(23)15-27)22(12-18-4-2-1-3-5-18)13-19-8-11-29(16-19)24(30)25(17-28)9-10-25/h6-7,14,18-19,22H,1-5,8-13,16H2. The van der Waals surface area contributed by atoms with E-state index in [0.29, 0.717) is 22.4 Å². The molecule has 1 saturated heterocycles. The van der Waals surface area contributed by atoms with E-state index in [1.165, 1.54) is 37.7 Å². The Bertz CT molecular complexity index is 873. The Labute approximate surface area is 184 Å². The van der Waals surface area contributed by atoms with Crippen LogP contribution in [0.4, 0.5) is 0 Å². The molecule has 0 N–H and O–H groups in total. The van der Waals surface area contributed by atoms with Crippen LogP contribution in [0.25, 0.3) is 0 Å². The van der Waals surface area contributed by atoms with Crippen LogP contribution in [-0.2, 0) is 4.79 Å². The Kier molecular flexibility index (Phi) is 6.35. The second-order valence-electron chi connectivity index (χ2n) is 9.62. The number of carbonyl (C=O) groups is 1. The van der Waals surface area contributed by atoms with Crippen molar-refractivity contribution in [1.82, 2.24) is 4.90 Å². The van der Waals surface area contributed by atoms with Gasteiger partial charge in [-0.1, -0.05) is 49.8 Å². The topological polar surface area (TPSA) is 67.9 Å². The molecule has 3 fully saturated rings. The quantitative estimate of drug-likeness (QED) is 0.579. The monoisotopic (exact) mass is 423 g/mol. The third-order valence-corrected chi connectivity index (χ3v) is 7.80. The van der Waals surface area contributed by atoms with Gasteiger partial charge in [-0.15, -0.1) is 0 Å². The summed E-state index contributed by atoms with van der Waals surface area (Å²) in [5.74, 6) is 1.68. The summed E-state index contributed by atoms with van der Waals surface area (Å²) < 4.78 is 0. The molecule has 4 rings (SSSR count). The molecule has 1 amide bonds. The first kappa shape index (κ1) is 21.2. The van der Waals surface area contributed by atoms with E-state index in [-0.39, 0.29) is 5.91 Å². The summed E-state index contributed by atoms with van der Waals surface area (Å²) in [5.41, 5.74) is 1.04. The number of halogens is 1. The van der Waals surface area contributed by atoms with Crippen LogP contribution in [0.5, 0.6) is 0 Å². The minimum atomic E-state index is -0.711. The van der Waals surface area contributed by atoms with Gasteiger partial charge in [0.15, 0.2) is 0 Å². The van der Waals surface area contributed by atoms with Gasteiger partial charge in [-0.25, -0.2) is 0 Å². The van der Waals surface area contributed by atoms with Crippen LogP contribution in [-0.4, -0.2) is 23.9 Å². The van der Waals surface area contributed by atoms with E-state index in [1.807, 2.05) is 17.0 Å². The van der Waals surface area contributed by atoms with E-state index in [2.05, 4.69) is 18.2 Å². The SMILES string of the molecule is N#Cc1ccc(C(CC2CCCCC2)CC2CCN(C(=O)C3(C#N)CC3)C2)cc1Cl. The van der Waals surface area contributed by atoms with Crippen LogP contribution in [0.2, 0.25) is 5.02 Å². The van der Waals surface area contributed by atoms with Gasteiger partial charge in [0.1, 0.15) is 11.5 Å². The maximum Gasteiger partial charge on any atom is 0.243 e. The van der Waals surface area contributed by atoms with Gasteiger partial charge in [-0.2, -0.15) is 10.5 Å². The van der Waals surface area contributed by atoms with Crippen LogP contribution in [0.1, 0.15) is 81.3 Å². The Hall–Kier alpha value is -2.04. The normalized spacial score (nSPS) is 24.1. The summed E-state index contributed by atoms with van der Waals surface area (Å²) in [6, 6.07) is 10.3. The highest BCUT2D eigenvalue weighted by Gasteiger charge is 2.53. The third-order valence-electron chi connectivity index (χ3n) is 7.49. The Morgan fingerprint density at radius 3 is 2.50 bits per heavy atom. The van der Waals surface area contributed by atoms with Crippen molar-refractivity contribution in [3.05, 3.63) is 34.3 Å². The third kappa shape index (κ3) is 4.50. The van der Waals surface area contributed by atoms with Crippen molar-refractivity contribution < 1.29 is 4.79 Å². The highest BCUT2D eigenvalue weighted by atomic mass is 35.5. The Morgan fingerprint density at radius 2 is 1.87 bits per heavy atom. The summed E-state index contributed by atoms with van der Waals surface area (Å²) in [4.78, 5) is 14.7. The van der Waals surface area contributed by atoms with Crippen molar-refractivity contribution in [3.63, 3.8) is 0 Å². The zero-order valence-corrected chi connectivity index (χ0v) is 18.3. The summed E-state index contributed by atoms with van der Waals surface area (Å²) in [5, 5.41) is 19.1. The van der Waals surface area contributed by atoms with Crippen molar-refractivity contribution in [2.24, 2.45) is 17.3 Å². The molecule has 1 aliphatic heterocycles. The van der Waals surface area contributed by atoms with Gasteiger partial charge in [0, 0.05) is 13.1 Å². The number of nitrogens with zero attached hydrogens (tertiary/aromatic N) is 3. The minimum absolute atomic E-state index is 0.0535. The molecule has 2 saturated carbocycles. The molecule has 5 heteroatoms. The van der Waals surface area contributed by atoms with Gasteiger partial charge in [-0.3, -0.25) is 4.79 Å². The first-order valence-corrected chi connectivity index (χ1v) is 11.8. The summed E-state index contributed by atoms with van der Waals surface area (Å²) in [6.07, 6.45) is 11.3. The molecule has 2 atom stereocenters. The van der Waals surface area contributed by atoms with Gasteiger partial charge in [0.2, 0.25) is 5.91 Å². The van der Waals surface area contributed by atoms with E-state index in [4.69, 9.17) is 11.6 Å². The number of benzene rings is 1. The molecule has 30 heavy (non-hydrogen) atoms. The number of carbonyl (C=O) groups excluding carboxylic acids is 1. The predicted octanol–water partition coefficient (Wildman–Crippen LogP) is 5.81. The lowest BCUT2D eigenvalue weighted by Crippen LogP contribution is -2.35. The molecule has 3 aliphatic rings.